The molecule has 0 radical (unpaired) electrons. The molecule has 1 aromatic heterocycles. The van der Waals surface area contributed by atoms with Gasteiger partial charge in [0, 0.05) is 65.0 Å². The highest BCUT2D eigenvalue weighted by molar-refractivity contribution is 6.32. The van der Waals surface area contributed by atoms with Crippen molar-refractivity contribution in [1.82, 2.24) is 4.57 Å². The first-order valence-electron chi connectivity index (χ1n) is 14.0. The molecule has 7 rings (SSSR count). The van der Waals surface area contributed by atoms with Crippen LogP contribution < -0.4 is 9.80 Å². The Hall–Kier alpha value is -4.63. The fraction of sp³-hybridized carbons (Fsp3) is 0. The second-order valence-corrected chi connectivity index (χ2v) is 12.2. The molecule has 218 valence electrons. The summed E-state index contributed by atoms with van der Waals surface area (Å²) in [5, 5.41) is 14.6. The number of fused-ring (bicyclic) bond motifs is 3. The third-order valence-electron chi connectivity index (χ3n) is 7.61. The van der Waals surface area contributed by atoms with Crippen LogP contribution in [0.1, 0.15) is 0 Å². The Morgan fingerprint density at radius 3 is 1.02 bits per heavy atom. The van der Waals surface area contributed by atoms with Crippen LogP contribution in [0.5, 0.6) is 0 Å². The Bertz CT molecular complexity index is 2030. The molecule has 0 bridgehead atoms. The molecule has 0 N–H and O–H groups in total. The van der Waals surface area contributed by atoms with Crippen molar-refractivity contribution in [3.05, 3.63) is 154 Å². The smallest absolute Gasteiger partial charge is 0.189 e. The summed E-state index contributed by atoms with van der Waals surface area (Å²) in [5.74, 6) is 0. The largest absolute Gasteiger partial charge is 0.310 e. The second kappa shape index (κ2) is 12.0. The summed E-state index contributed by atoms with van der Waals surface area (Å²) in [6.07, 6.45) is 2.37. The van der Waals surface area contributed by atoms with Gasteiger partial charge in [-0.25, -0.2) is 4.57 Å². The van der Waals surface area contributed by atoms with Crippen molar-refractivity contribution in [2.75, 3.05) is 9.80 Å². The van der Waals surface area contributed by atoms with Crippen molar-refractivity contribution in [1.29, 1.82) is 5.26 Å². The van der Waals surface area contributed by atoms with Gasteiger partial charge in [-0.15, -0.1) is 0 Å². The number of hydrogen-bond acceptors (Lipinski definition) is 3. The molecule has 8 heteroatoms. The minimum atomic E-state index is 0.619. The summed E-state index contributed by atoms with van der Waals surface area (Å²) >= 11 is 25.8. The molecule has 0 unspecified atom stereocenters. The summed E-state index contributed by atoms with van der Waals surface area (Å²) in [5.41, 5.74) is 6.87. The van der Waals surface area contributed by atoms with Gasteiger partial charge in [-0.1, -0.05) is 70.7 Å². The number of aromatic nitrogens is 1. The topological polar surface area (TPSA) is 35.2 Å². The molecule has 0 amide bonds. The molecule has 7 aromatic rings. The third kappa shape index (κ3) is 5.57. The van der Waals surface area contributed by atoms with Gasteiger partial charge >= 0.3 is 0 Å². The van der Waals surface area contributed by atoms with Gasteiger partial charge in [0.05, 0.1) is 11.0 Å². The van der Waals surface area contributed by atoms with Crippen LogP contribution in [-0.4, -0.2) is 4.57 Å². The average Bonchev–Trinajstić information content (AvgIpc) is 3.34. The van der Waals surface area contributed by atoms with E-state index in [0.29, 0.717) is 20.1 Å². The molecule has 0 aliphatic rings. The Morgan fingerprint density at radius 2 is 0.733 bits per heavy atom. The zero-order valence-corrected chi connectivity index (χ0v) is 26.5. The maximum atomic E-state index is 10.2. The van der Waals surface area contributed by atoms with Crippen molar-refractivity contribution in [2.24, 2.45) is 0 Å². The van der Waals surface area contributed by atoms with E-state index >= 15 is 0 Å². The summed E-state index contributed by atoms with van der Waals surface area (Å²) in [7, 11) is 0. The third-order valence-corrected chi connectivity index (χ3v) is 8.55. The molecule has 0 saturated carbocycles. The van der Waals surface area contributed by atoms with E-state index < -0.39 is 0 Å². The molecular formula is C37H22Cl4N4. The average molecular weight is 664 g/mol. The van der Waals surface area contributed by atoms with E-state index in [1.54, 1.807) is 4.57 Å². The van der Waals surface area contributed by atoms with Gasteiger partial charge in [-0.3, -0.25) is 0 Å². The second-order valence-electron chi connectivity index (χ2n) is 10.4. The Morgan fingerprint density at radius 1 is 0.422 bits per heavy atom. The van der Waals surface area contributed by atoms with Crippen molar-refractivity contribution >= 4 is 102 Å². The van der Waals surface area contributed by atoms with Crippen LogP contribution in [0.15, 0.2) is 133 Å². The first kappa shape index (κ1) is 29.1. The molecule has 6 aromatic carbocycles. The normalized spacial score (nSPS) is 11.1. The van der Waals surface area contributed by atoms with Crippen molar-refractivity contribution in [3.8, 4) is 6.19 Å². The summed E-state index contributed by atoms with van der Waals surface area (Å²) in [4.78, 5) is 4.20. The van der Waals surface area contributed by atoms with Crippen molar-refractivity contribution in [3.63, 3.8) is 0 Å². The molecule has 0 saturated heterocycles. The van der Waals surface area contributed by atoms with E-state index in [4.69, 9.17) is 46.4 Å². The minimum Gasteiger partial charge on any atom is -0.310 e. The van der Waals surface area contributed by atoms with Crippen LogP contribution in [0.2, 0.25) is 20.1 Å². The predicted molar refractivity (Wildman–Crippen MR) is 190 cm³/mol. The van der Waals surface area contributed by atoms with Crippen LogP contribution in [-0.2, 0) is 0 Å². The van der Waals surface area contributed by atoms with E-state index in [-0.39, 0.29) is 0 Å². The highest BCUT2D eigenvalue weighted by atomic mass is 35.5. The van der Waals surface area contributed by atoms with Gasteiger partial charge in [0.2, 0.25) is 0 Å². The first-order valence-corrected chi connectivity index (χ1v) is 15.5. The van der Waals surface area contributed by atoms with E-state index in [1.807, 2.05) is 121 Å². The highest BCUT2D eigenvalue weighted by Crippen LogP contribution is 2.42. The molecule has 0 spiro atoms. The lowest BCUT2D eigenvalue weighted by atomic mass is 10.1. The molecule has 1 heterocycles. The first-order chi connectivity index (χ1) is 21.9. The van der Waals surface area contributed by atoms with Crippen LogP contribution in [0.3, 0.4) is 0 Å². The molecular weight excluding hydrogens is 642 g/mol. The Kier molecular flexibility index (Phi) is 7.79. The van der Waals surface area contributed by atoms with Gasteiger partial charge in [0.25, 0.3) is 0 Å². The zero-order valence-electron chi connectivity index (χ0n) is 23.5. The number of nitrogens with zero attached hydrogens (tertiary/aromatic N) is 4. The van der Waals surface area contributed by atoms with E-state index in [9.17, 15) is 5.26 Å². The molecule has 0 fully saturated rings. The van der Waals surface area contributed by atoms with Crippen LogP contribution in [0.4, 0.5) is 34.1 Å². The molecule has 0 aliphatic heterocycles. The minimum absolute atomic E-state index is 0.619. The zero-order chi connectivity index (χ0) is 31.1. The number of anilines is 6. The maximum Gasteiger partial charge on any atom is 0.189 e. The fourth-order valence-corrected chi connectivity index (χ4v) is 6.48. The summed E-state index contributed by atoms with van der Waals surface area (Å²) in [6, 6.07) is 42.9. The highest BCUT2D eigenvalue weighted by Gasteiger charge is 2.20. The molecule has 0 atom stereocenters. The van der Waals surface area contributed by atoms with Crippen molar-refractivity contribution in [2.45, 2.75) is 0 Å². The predicted octanol–water partition coefficient (Wildman–Crippen LogP) is 12.7. The van der Waals surface area contributed by atoms with E-state index in [2.05, 4.69) is 28.1 Å². The molecule has 0 aliphatic carbocycles. The van der Waals surface area contributed by atoms with Gasteiger partial charge in [-0.2, -0.15) is 5.26 Å². The number of hydrogen-bond donors (Lipinski definition) is 0. The Labute approximate surface area is 280 Å². The summed E-state index contributed by atoms with van der Waals surface area (Å²) < 4.78 is 1.66. The van der Waals surface area contributed by atoms with Gasteiger partial charge in [0.1, 0.15) is 0 Å². The van der Waals surface area contributed by atoms with Crippen molar-refractivity contribution < 1.29 is 0 Å². The van der Waals surface area contributed by atoms with Gasteiger partial charge in [0.15, 0.2) is 6.19 Å². The van der Waals surface area contributed by atoms with Crippen LogP contribution in [0.25, 0.3) is 21.8 Å². The van der Waals surface area contributed by atoms with Crippen LogP contribution >= 0.6 is 46.4 Å². The lowest BCUT2D eigenvalue weighted by Gasteiger charge is -2.26. The van der Waals surface area contributed by atoms with E-state index in [1.165, 1.54) is 0 Å². The lowest BCUT2D eigenvalue weighted by Crippen LogP contribution is -2.10. The standard InChI is InChI=1S/C37H22Cl4N4/c38-24-5-1-9-28(17-24)44(29-10-2-6-25(39)18-29)32-13-15-36-34(21-32)35-22-33(14-16-37(35)43(36)23-42)45(30-11-3-7-26(40)19-30)31-12-4-8-27(41)20-31/h1-22H. The number of benzene rings is 6. The number of halogens is 4. The monoisotopic (exact) mass is 662 g/mol. The summed E-state index contributed by atoms with van der Waals surface area (Å²) in [6.45, 7) is 0. The lowest BCUT2D eigenvalue weighted by molar-refractivity contribution is 1.20. The molecule has 4 nitrogen and oxygen atoms in total. The quantitative estimate of drug-likeness (QED) is 0.178. The fourth-order valence-electron chi connectivity index (χ4n) is 5.74. The SMILES string of the molecule is N#Cn1c2ccc(N(c3cccc(Cl)c3)c3cccc(Cl)c3)cc2c2cc(N(c3cccc(Cl)c3)c3cccc(Cl)c3)ccc21. The number of rotatable bonds is 6. The maximum absolute atomic E-state index is 10.2. The van der Waals surface area contributed by atoms with Gasteiger partial charge < -0.3 is 9.80 Å². The number of nitriles is 1. The van der Waals surface area contributed by atoms with Crippen LogP contribution in [0, 0.1) is 11.5 Å². The van der Waals surface area contributed by atoms with E-state index in [0.717, 1.165) is 55.9 Å². The molecule has 45 heavy (non-hydrogen) atoms. The van der Waals surface area contributed by atoms with Gasteiger partial charge in [-0.05, 0) is 109 Å². The Balaban J connectivity index is 1.47.